The Morgan fingerprint density at radius 1 is 1.00 bits per heavy atom. The summed E-state index contributed by atoms with van der Waals surface area (Å²) in [5.41, 5.74) is 11.8. The Bertz CT molecular complexity index is 1670. The summed E-state index contributed by atoms with van der Waals surface area (Å²) in [7, 11) is 1.97. The molecule has 0 bridgehead atoms. The molecule has 3 heterocycles. The van der Waals surface area contributed by atoms with Gasteiger partial charge in [0.2, 0.25) is 0 Å². The first-order valence-corrected chi connectivity index (χ1v) is 12.5. The lowest BCUT2D eigenvalue weighted by molar-refractivity contribution is 0.0966. The highest BCUT2D eigenvalue weighted by Crippen LogP contribution is 2.47. The van der Waals surface area contributed by atoms with Gasteiger partial charge in [-0.05, 0) is 67.5 Å². The first-order chi connectivity index (χ1) is 17.0. The van der Waals surface area contributed by atoms with Gasteiger partial charge in [-0.2, -0.15) is 5.10 Å². The minimum absolute atomic E-state index is 0.0424. The van der Waals surface area contributed by atoms with E-state index in [4.69, 9.17) is 5.10 Å². The van der Waals surface area contributed by atoms with Gasteiger partial charge in [-0.15, -0.1) is 0 Å². The highest BCUT2D eigenvalue weighted by atomic mass is 16.1. The normalized spacial score (nSPS) is 14.5. The fourth-order valence-electron chi connectivity index (χ4n) is 6.38. The smallest absolute Gasteiger partial charge is 0.252 e. The quantitative estimate of drug-likeness (QED) is 0.375. The highest BCUT2D eigenvalue weighted by molar-refractivity contribution is 6.19. The predicted molar refractivity (Wildman–Crippen MR) is 140 cm³/mol. The summed E-state index contributed by atoms with van der Waals surface area (Å²) in [4.78, 5) is 13.2. The molecule has 1 N–H and O–H groups in total. The molecule has 5 heteroatoms. The Hall–Kier alpha value is -3.86. The number of benzene rings is 3. The summed E-state index contributed by atoms with van der Waals surface area (Å²) in [6.07, 6.45) is 4.79. The van der Waals surface area contributed by atoms with Crippen LogP contribution in [0.1, 0.15) is 58.2 Å². The predicted octanol–water partition coefficient (Wildman–Crippen LogP) is 5.71. The van der Waals surface area contributed by atoms with Gasteiger partial charge in [0.1, 0.15) is 0 Å². The van der Waals surface area contributed by atoms with Gasteiger partial charge in [-0.3, -0.25) is 9.48 Å². The number of carbonyl (C=O) groups excluding carboxylic acids is 1. The van der Waals surface area contributed by atoms with Crippen molar-refractivity contribution >= 4 is 27.7 Å². The Kier molecular flexibility index (Phi) is 4.29. The van der Waals surface area contributed by atoms with Gasteiger partial charge in [0.05, 0.1) is 16.8 Å². The van der Waals surface area contributed by atoms with Crippen molar-refractivity contribution in [2.24, 2.45) is 7.05 Å². The molecular formula is C30H28N4O. The molecule has 0 fully saturated rings. The summed E-state index contributed by atoms with van der Waals surface area (Å²) in [5.74, 6) is 0.0424. The van der Waals surface area contributed by atoms with Crippen LogP contribution < -0.4 is 5.32 Å². The van der Waals surface area contributed by atoms with E-state index < -0.39 is 0 Å². The molecule has 5 aromatic rings. The van der Waals surface area contributed by atoms with E-state index in [9.17, 15) is 4.79 Å². The Morgan fingerprint density at radius 2 is 1.83 bits per heavy atom. The molecule has 7 rings (SSSR count). The zero-order chi connectivity index (χ0) is 23.8. The maximum Gasteiger partial charge on any atom is 0.252 e. The molecule has 0 saturated carbocycles. The van der Waals surface area contributed by atoms with E-state index in [1.54, 1.807) is 0 Å². The Morgan fingerprint density at radius 3 is 2.63 bits per heavy atom. The van der Waals surface area contributed by atoms with E-state index in [2.05, 4.69) is 78.5 Å². The van der Waals surface area contributed by atoms with E-state index in [1.807, 2.05) is 11.7 Å². The number of nitrogens with one attached hydrogen (secondary N) is 1. The van der Waals surface area contributed by atoms with Crippen LogP contribution in [0.4, 0.5) is 0 Å². The fourth-order valence-corrected chi connectivity index (χ4v) is 6.38. The van der Waals surface area contributed by atoms with Crippen LogP contribution in [-0.2, 0) is 32.9 Å². The second kappa shape index (κ2) is 7.32. The first-order valence-electron chi connectivity index (χ1n) is 12.5. The standard InChI is InChI=1S/C30H28N4O/c1-17(2)34-25-12-9-19(13-18-7-5-4-6-8-18)14-21(25)27-22-15-31-30(35)28(22)26-20(29(27)34)10-11-24-23(26)16-33(3)32-24/h4-9,12,14,16-17H,10-11,13,15H2,1-3H3,(H,31,35). The fraction of sp³-hybridized carbons (Fsp3) is 0.267. The van der Waals surface area contributed by atoms with Crippen molar-refractivity contribution in [2.45, 2.75) is 45.7 Å². The number of nitrogens with zero attached hydrogens (tertiary/aromatic N) is 3. The Labute approximate surface area is 204 Å². The van der Waals surface area contributed by atoms with Gasteiger partial charge in [-0.1, -0.05) is 36.4 Å². The first kappa shape index (κ1) is 20.5. The van der Waals surface area contributed by atoms with E-state index in [-0.39, 0.29) is 5.91 Å². The SMILES string of the molecule is CC(C)n1c2ccc(Cc3ccccc3)cc2c2c3c(c4c(c21)CCc1nn(C)cc1-4)C(=O)NC3. The molecular weight excluding hydrogens is 432 g/mol. The summed E-state index contributed by atoms with van der Waals surface area (Å²) in [5, 5.41) is 10.4. The Balaban J connectivity index is 1.59. The maximum atomic E-state index is 13.2. The second-order valence-corrected chi connectivity index (χ2v) is 10.3. The number of amides is 1. The molecule has 0 unspecified atom stereocenters. The van der Waals surface area contributed by atoms with Gasteiger partial charge in [-0.25, -0.2) is 0 Å². The minimum Gasteiger partial charge on any atom is -0.348 e. The van der Waals surface area contributed by atoms with Crippen LogP contribution in [0, 0.1) is 0 Å². The summed E-state index contributed by atoms with van der Waals surface area (Å²) in [6.45, 7) is 5.10. The van der Waals surface area contributed by atoms with Crippen molar-refractivity contribution in [2.75, 3.05) is 0 Å². The molecule has 0 atom stereocenters. The molecule has 174 valence electrons. The van der Waals surface area contributed by atoms with Crippen molar-refractivity contribution in [1.29, 1.82) is 0 Å². The van der Waals surface area contributed by atoms with Gasteiger partial charge in [0, 0.05) is 53.2 Å². The number of carbonyl (C=O) groups is 1. The van der Waals surface area contributed by atoms with Crippen molar-refractivity contribution < 1.29 is 4.79 Å². The molecule has 2 aliphatic rings. The average Bonchev–Trinajstić information content (AvgIpc) is 3.51. The van der Waals surface area contributed by atoms with Gasteiger partial charge in [0.15, 0.2) is 0 Å². The third-order valence-corrected chi connectivity index (χ3v) is 7.72. The number of hydrogen-bond acceptors (Lipinski definition) is 2. The lowest BCUT2D eigenvalue weighted by Crippen LogP contribution is -2.15. The van der Waals surface area contributed by atoms with Crippen LogP contribution in [-0.4, -0.2) is 20.3 Å². The summed E-state index contributed by atoms with van der Waals surface area (Å²) >= 11 is 0. The summed E-state index contributed by atoms with van der Waals surface area (Å²) < 4.78 is 4.39. The minimum atomic E-state index is 0.0424. The summed E-state index contributed by atoms with van der Waals surface area (Å²) in [6, 6.07) is 17.8. The lowest BCUT2D eigenvalue weighted by Gasteiger charge is -2.22. The van der Waals surface area contributed by atoms with Crippen LogP contribution in [0.2, 0.25) is 0 Å². The highest BCUT2D eigenvalue weighted by Gasteiger charge is 2.35. The van der Waals surface area contributed by atoms with E-state index in [0.29, 0.717) is 12.6 Å². The topological polar surface area (TPSA) is 51.9 Å². The van der Waals surface area contributed by atoms with Gasteiger partial charge < -0.3 is 9.88 Å². The third-order valence-electron chi connectivity index (χ3n) is 7.72. The van der Waals surface area contributed by atoms with Crippen LogP contribution in [0.5, 0.6) is 0 Å². The number of hydrogen-bond donors (Lipinski definition) is 1. The van der Waals surface area contributed by atoms with Crippen molar-refractivity contribution in [3.05, 3.63) is 88.2 Å². The largest absolute Gasteiger partial charge is 0.348 e. The molecule has 1 aliphatic carbocycles. The molecule has 35 heavy (non-hydrogen) atoms. The van der Waals surface area contributed by atoms with Gasteiger partial charge >= 0.3 is 0 Å². The lowest BCUT2D eigenvalue weighted by atomic mass is 9.82. The van der Waals surface area contributed by atoms with Crippen molar-refractivity contribution in [1.82, 2.24) is 19.7 Å². The molecule has 1 amide bonds. The average molecular weight is 461 g/mol. The molecule has 0 saturated heterocycles. The number of aromatic nitrogens is 3. The van der Waals surface area contributed by atoms with Gasteiger partial charge in [0.25, 0.3) is 5.91 Å². The number of fused-ring (bicyclic) bond motifs is 10. The molecule has 0 spiro atoms. The number of aryl methyl sites for hydroxylation is 3. The molecule has 0 radical (unpaired) electrons. The van der Waals surface area contributed by atoms with Crippen LogP contribution in [0.3, 0.4) is 0 Å². The van der Waals surface area contributed by atoms with Crippen molar-refractivity contribution in [3.8, 4) is 11.1 Å². The molecule has 3 aromatic carbocycles. The van der Waals surface area contributed by atoms with Crippen LogP contribution >= 0.6 is 0 Å². The van der Waals surface area contributed by atoms with Crippen molar-refractivity contribution in [3.63, 3.8) is 0 Å². The molecule has 1 aliphatic heterocycles. The van der Waals surface area contributed by atoms with E-state index >= 15 is 0 Å². The monoisotopic (exact) mass is 460 g/mol. The molecule has 5 nitrogen and oxygen atoms in total. The van der Waals surface area contributed by atoms with E-state index in [1.165, 1.54) is 38.5 Å². The molecule has 2 aromatic heterocycles. The second-order valence-electron chi connectivity index (χ2n) is 10.3. The number of rotatable bonds is 3. The third kappa shape index (κ3) is 2.87. The zero-order valence-corrected chi connectivity index (χ0v) is 20.4. The maximum absolute atomic E-state index is 13.2. The van der Waals surface area contributed by atoms with Crippen LogP contribution in [0.25, 0.3) is 32.9 Å². The van der Waals surface area contributed by atoms with Crippen LogP contribution in [0.15, 0.2) is 54.7 Å². The van der Waals surface area contributed by atoms with E-state index in [0.717, 1.165) is 47.2 Å². The zero-order valence-electron chi connectivity index (χ0n) is 20.4.